The average Bonchev–Trinajstić information content (AvgIpc) is 3.34. The molecule has 0 unspecified atom stereocenters. The molecular weight excluding hydrogens is 348 g/mol. The number of guanidine groups is 1. The van der Waals surface area contributed by atoms with E-state index in [2.05, 4.69) is 44.4 Å². The Labute approximate surface area is 170 Å². The van der Waals surface area contributed by atoms with Crippen LogP contribution in [0.15, 0.2) is 29.3 Å². The highest BCUT2D eigenvalue weighted by molar-refractivity contribution is 5.98. The van der Waals surface area contributed by atoms with Crippen molar-refractivity contribution in [3.63, 3.8) is 0 Å². The van der Waals surface area contributed by atoms with Crippen molar-refractivity contribution in [2.75, 3.05) is 58.4 Å². The number of benzene rings is 1. The fraction of sp³-hybridized carbons (Fsp3) is 0.696. The number of ether oxygens (including phenoxy) is 1. The van der Waals surface area contributed by atoms with E-state index in [1.807, 2.05) is 7.05 Å². The lowest BCUT2D eigenvalue weighted by Crippen LogP contribution is -2.46. The number of rotatable bonds is 5. The number of hydrogen-bond donors (Lipinski definition) is 1. The molecule has 5 heteroatoms. The molecule has 1 aliphatic carbocycles. The van der Waals surface area contributed by atoms with E-state index in [0.717, 1.165) is 38.1 Å². The second-order valence-corrected chi connectivity index (χ2v) is 8.80. The van der Waals surface area contributed by atoms with Gasteiger partial charge in [0.05, 0.1) is 6.61 Å². The summed E-state index contributed by atoms with van der Waals surface area (Å²) in [5.41, 5.74) is 3.26. The SMILES string of the molecule is CN=C(NCC1CCN(CCOC)CC1)N1CC2(CCCC2)c2ccccc21. The van der Waals surface area contributed by atoms with E-state index < -0.39 is 0 Å². The Bertz CT molecular complexity index is 675. The van der Waals surface area contributed by atoms with Crippen LogP contribution >= 0.6 is 0 Å². The lowest BCUT2D eigenvalue weighted by Gasteiger charge is -2.33. The third kappa shape index (κ3) is 3.92. The number of likely N-dealkylation sites (tertiary alicyclic amines) is 1. The maximum atomic E-state index is 5.21. The van der Waals surface area contributed by atoms with Crippen LogP contribution in [0.4, 0.5) is 5.69 Å². The molecule has 28 heavy (non-hydrogen) atoms. The summed E-state index contributed by atoms with van der Waals surface area (Å²) in [4.78, 5) is 9.64. The Kier molecular flexibility index (Phi) is 6.22. The number of aliphatic imine (C=N–C) groups is 1. The first-order chi connectivity index (χ1) is 13.8. The smallest absolute Gasteiger partial charge is 0.198 e. The molecule has 1 aromatic carbocycles. The molecule has 1 N–H and O–H groups in total. The zero-order valence-corrected chi connectivity index (χ0v) is 17.6. The van der Waals surface area contributed by atoms with Crippen LogP contribution in [0.3, 0.4) is 0 Å². The van der Waals surface area contributed by atoms with Gasteiger partial charge in [0.2, 0.25) is 0 Å². The molecular formula is C23H36N4O. The molecule has 1 saturated heterocycles. The lowest BCUT2D eigenvalue weighted by molar-refractivity contribution is 0.121. The molecule has 2 aliphatic heterocycles. The second kappa shape index (κ2) is 8.83. The van der Waals surface area contributed by atoms with Crippen molar-refractivity contribution < 1.29 is 4.74 Å². The summed E-state index contributed by atoms with van der Waals surface area (Å²) >= 11 is 0. The number of piperidine rings is 1. The second-order valence-electron chi connectivity index (χ2n) is 8.80. The van der Waals surface area contributed by atoms with Crippen molar-refractivity contribution in [1.29, 1.82) is 0 Å². The van der Waals surface area contributed by atoms with Crippen LogP contribution in [-0.4, -0.2) is 64.3 Å². The normalized spacial score (nSPS) is 22.8. The molecule has 0 aromatic heterocycles. The Morgan fingerprint density at radius 2 is 1.96 bits per heavy atom. The van der Waals surface area contributed by atoms with E-state index >= 15 is 0 Å². The summed E-state index contributed by atoms with van der Waals surface area (Å²) in [6.45, 7) is 6.38. The summed E-state index contributed by atoms with van der Waals surface area (Å²) < 4.78 is 5.21. The van der Waals surface area contributed by atoms with E-state index in [1.54, 1.807) is 12.7 Å². The Balaban J connectivity index is 1.37. The minimum Gasteiger partial charge on any atom is -0.383 e. The Hall–Kier alpha value is -1.59. The highest BCUT2D eigenvalue weighted by Gasteiger charge is 2.45. The number of nitrogens with zero attached hydrogens (tertiary/aromatic N) is 3. The van der Waals surface area contributed by atoms with Crippen LogP contribution in [0, 0.1) is 5.92 Å². The van der Waals surface area contributed by atoms with Crippen LogP contribution < -0.4 is 10.2 Å². The van der Waals surface area contributed by atoms with Gasteiger partial charge >= 0.3 is 0 Å². The highest BCUT2D eigenvalue weighted by atomic mass is 16.5. The minimum absolute atomic E-state index is 0.348. The fourth-order valence-corrected chi connectivity index (χ4v) is 5.46. The first kappa shape index (κ1) is 19.7. The summed E-state index contributed by atoms with van der Waals surface area (Å²) in [5.74, 6) is 1.78. The van der Waals surface area contributed by atoms with Gasteiger partial charge in [0.15, 0.2) is 5.96 Å². The monoisotopic (exact) mass is 384 g/mol. The summed E-state index contributed by atoms with van der Waals surface area (Å²) in [6, 6.07) is 9.01. The molecule has 154 valence electrons. The van der Waals surface area contributed by atoms with Crippen LogP contribution in [-0.2, 0) is 10.2 Å². The standard InChI is InChI=1S/C23H36N4O/c1-24-22(25-17-19-9-13-26(14-10-19)15-16-28-2)27-18-23(11-5-6-12-23)20-7-3-4-8-21(20)27/h3-4,7-8,19H,5-6,9-18H2,1-2H3,(H,24,25). The van der Waals surface area contributed by atoms with Crippen LogP contribution in [0.2, 0.25) is 0 Å². The van der Waals surface area contributed by atoms with Gasteiger partial charge in [-0.1, -0.05) is 31.0 Å². The van der Waals surface area contributed by atoms with Crippen molar-refractivity contribution in [3.8, 4) is 0 Å². The predicted molar refractivity (Wildman–Crippen MR) is 116 cm³/mol. The number of nitrogens with one attached hydrogen (secondary N) is 1. The number of anilines is 1. The molecule has 0 atom stereocenters. The fourth-order valence-electron chi connectivity index (χ4n) is 5.46. The van der Waals surface area contributed by atoms with Crippen molar-refractivity contribution in [1.82, 2.24) is 10.2 Å². The van der Waals surface area contributed by atoms with E-state index in [4.69, 9.17) is 4.74 Å². The number of fused-ring (bicyclic) bond motifs is 2. The predicted octanol–water partition coefficient (Wildman–Crippen LogP) is 3.25. The molecule has 3 aliphatic rings. The van der Waals surface area contributed by atoms with Crippen molar-refractivity contribution in [2.24, 2.45) is 10.9 Å². The molecule has 0 radical (unpaired) electrons. The molecule has 2 fully saturated rings. The number of para-hydroxylation sites is 1. The molecule has 1 spiro atoms. The maximum absolute atomic E-state index is 5.21. The molecule has 1 aromatic rings. The zero-order valence-electron chi connectivity index (χ0n) is 17.6. The van der Waals surface area contributed by atoms with Gasteiger partial charge in [-0.05, 0) is 56.3 Å². The van der Waals surface area contributed by atoms with Gasteiger partial charge in [0.25, 0.3) is 0 Å². The van der Waals surface area contributed by atoms with E-state index in [1.165, 1.54) is 57.3 Å². The molecule has 2 heterocycles. The van der Waals surface area contributed by atoms with Gasteiger partial charge in [-0.15, -0.1) is 0 Å². The van der Waals surface area contributed by atoms with Crippen molar-refractivity contribution >= 4 is 11.6 Å². The number of hydrogen-bond acceptors (Lipinski definition) is 3. The molecule has 1 saturated carbocycles. The van der Waals surface area contributed by atoms with E-state index in [9.17, 15) is 0 Å². The third-order valence-corrected chi connectivity index (χ3v) is 7.12. The van der Waals surface area contributed by atoms with E-state index in [-0.39, 0.29) is 0 Å². The van der Waals surface area contributed by atoms with Gasteiger partial charge < -0.3 is 19.9 Å². The molecule has 0 bridgehead atoms. The maximum Gasteiger partial charge on any atom is 0.198 e. The Morgan fingerprint density at radius 1 is 1.21 bits per heavy atom. The first-order valence-electron chi connectivity index (χ1n) is 11.0. The zero-order chi connectivity index (χ0) is 19.4. The lowest BCUT2D eigenvalue weighted by atomic mass is 9.81. The molecule has 0 amide bonds. The first-order valence-corrected chi connectivity index (χ1v) is 11.0. The van der Waals surface area contributed by atoms with Gasteiger partial charge in [-0.25, -0.2) is 0 Å². The van der Waals surface area contributed by atoms with Crippen molar-refractivity contribution in [3.05, 3.63) is 29.8 Å². The average molecular weight is 385 g/mol. The largest absolute Gasteiger partial charge is 0.383 e. The van der Waals surface area contributed by atoms with Crippen LogP contribution in [0.5, 0.6) is 0 Å². The highest BCUT2D eigenvalue weighted by Crippen LogP contribution is 2.50. The van der Waals surface area contributed by atoms with E-state index in [0.29, 0.717) is 5.41 Å². The minimum atomic E-state index is 0.348. The summed E-state index contributed by atoms with van der Waals surface area (Å²) in [5, 5.41) is 3.72. The number of methoxy groups -OCH3 is 1. The quantitative estimate of drug-likeness (QED) is 0.625. The van der Waals surface area contributed by atoms with Crippen LogP contribution in [0.25, 0.3) is 0 Å². The summed E-state index contributed by atoms with van der Waals surface area (Å²) in [7, 11) is 3.71. The topological polar surface area (TPSA) is 40.1 Å². The van der Waals surface area contributed by atoms with Crippen LogP contribution in [0.1, 0.15) is 44.1 Å². The molecule has 5 nitrogen and oxygen atoms in total. The van der Waals surface area contributed by atoms with Gasteiger partial charge in [-0.3, -0.25) is 4.99 Å². The van der Waals surface area contributed by atoms with Gasteiger partial charge in [-0.2, -0.15) is 0 Å². The summed E-state index contributed by atoms with van der Waals surface area (Å²) in [6.07, 6.45) is 7.86. The third-order valence-electron chi connectivity index (χ3n) is 7.12. The molecule has 4 rings (SSSR count). The van der Waals surface area contributed by atoms with Crippen molar-refractivity contribution in [2.45, 2.75) is 43.9 Å². The van der Waals surface area contributed by atoms with Gasteiger partial charge in [0, 0.05) is 44.9 Å². The van der Waals surface area contributed by atoms with Gasteiger partial charge in [0.1, 0.15) is 0 Å². The Morgan fingerprint density at radius 3 is 2.68 bits per heavy atom.